The van der Waals surface area contributed by atoms with Crippen molar-refractivity contribution in [1.82, 2.24) is 10.2 Å². The minimum atomic E-state index is -1.34. The van der Waals surface area contributed by atoms with Gasteiger partial charge in [0.2, 0.25) is 11.8 Å². The second-order valence-corrected chi connectivity index (χ2v) is 8.55. The van der Waals surface area contributed by atoms with Crippen molar-refractivity contribution in [2.75, 3.05) is 36.5 Å². The van der Waals surface area contributed by atoms with E-state index in [1.54, 1.807) is 54.3 Å². The van der Waals surface area contributed by atoms with Crippen LogP contribution >= 0.6 is 0 Å². The lowest BCUT2D eigenvalue weighted by molar-refractivity contribution is -0.133. The van der Waals surface area contributed by atoms with Crippen LogP contribution in [0.5, 0.6) is 11.5 Å². The molecule has 176 valence electrons. The highest BCUT2D eigenvalue weighted by Crippen LogP contribution is 2.36. The molecule has 0 spiro atoms. The number of amides is 5. The number of fused-ring (bicyclic) bond motifs is 1. The molecule has 0 aliphatic carbocycles. The molecule has 10 heteroatoms. The van der Waals surface area contributed by atoms with E-state index in [1.807, 2.05) is 0 Å². The maximum absolute atomic E-state index is 13.2. The Kier molecular flexibility index (Phi) is 5.35. The first kappa shape index (κ1) is 21.7. The van der Waals surface area contributed by atoms with Gasteiger partial charge in [-0.1, -0.05) is 12.1 Å². The van der Waals surface area contributed by atoms with Gasteiger partial charge >= 0.3 is 6.03 Å². The molecule has 5 amide bonds. The standard InChI is InChI=1S/C24H24N4O6/c1-24(15-7-8-18-19(12-15)34-11-10-33-18)22(31)28(23(32)26-24)14-20(29)25-16-4-2-5-17(13-16)27-9-3-6-21(27)30/h2,4-5,7-8,12-13H,3,6,9-11,14H2,1H3,(H,25,29)(H,26,32)/t24-/m1/s1. The Balaban J connectivity index is 1.29. The van der Waals surface area contributed by atoms with Crippen LogP contribution < -0.4 is 25.0 Å². The van der Waals surface area contributed by atoms with Gasteiger partial charge in [0.1, 0.15) is 25.3 Å². The third-order valence-electron chi connectivity index (χ3n) is 6.21. The number of imide groups is 1. The molecule has 2 fully saturated rings. The Bertz CT molecular complexity index is 1200. The highest BCUT2D eigenvalue weighted by atomic mass is 16.6. The van der Waals surface area contributed by atoms with E-state index in [-0.39, 0.29) is 5.91 Å². The van der Waals surface area contributed by atoms with Crippen molar-refractivity contribution in [3.05, 3.63) is 48.0 Å². The van der Waals surface area contributed by atoms with Crippen LogP contribution in [-0.4, -0.2) is 55.0 Å². The van der Waals surface area contributed by atoms with E-state index in [0.29, 0.717) is 54.6 Å². The maximum atomic E-state index is 13.2. The number of benzene rings is 2. The predicted molar refractivity (Wildman–Crippen MR) is 122 cm³/mol. The molecule has 0 unspecified atom stereocenters. The third-order valence-corrected chi connectivity index (χ3v) is 6.21. The van der Waals surface area contributed by atoms with Gasteiger partial charge in [-0.2, -0.15) is 0 Å². The zero-order valence-electron chi connectivity index (χ0n) is 18.6. The Morgan fingerprint density at radius 1 is 1.09 bits per heavy atom. The Labute approximate surface area is 195 Å². The summed E-state index contributed by atoms with van der Waals surface area (Å²) in [5.41, 5.74) is 0.356. The van der Waals surface area contributed by atoms with Crippen molar-refractivity contribution in [2.24, 2.45) is 0 Å². The molecule has 2 saturated heterocycles. The fourth-order valence-corrected chi connectivity index (χ4v) is 4.41. The van der Waals surface area contributed by atoms with Crippen molar-refractivity contribution in [2.45, 2.75) is 25.3 Å². The molecular formula is C24H24N4O6. The zero-order chi connectivity index (χ0) is 23.9. The number of carbonyl (C=O) groups excluding carboxylic acids is 4. The number of nitrogens with zero attached hydrogens (tertiary/aromatic N) is 2. The largest absolute Gasteiger partial charge is 0.486 e. The fraction of sp³-hybridized carbons (Fsp3) is 0.333. The quantitative estimate of drug-likeness (QED) is 0.654. The van der Waals surface area contributed by atoms with Gasteiger partial charge in [-0.25, -0.2) is 4.79 Å². The first-order valence-electron chi connectivity index (χ1n) is 11.1. The van der Waals surface area contributed by atoms with Crippen LogP contribution in [0.15, 0.2) is 42.5 Å². The highest BCUT2D eigenvalue weighted by molar-refractivity contribution is 6.10. The summed E-state index contributed by atoms with van der Waals surface area (Å²) >= 11 is 0. The van der Waals surface area contributed by atoms with Crippen LogP contribution in [0.1, 0.15) is 25.3 Å². The summed E-state index contributed by atoms with van der Waals surface area (Å²) < 4.78 is 11.1. The summed E-state index contributed by atoms with van der Waals surface area (Å²) in [4.78, 5) is 53.1. The van der Waals surface area contributed by atoms with E-state index in [2.05, 4.69) is 10.6 Å². The molecule has 3 aliphatic heterocycles. The summed E-state index contributed by atoms with van der Waals surface area (Å²) in [6, 6.07) is 11.3. The minimum Gasteiger partial charge on any atom is -0.486 e. The van der Waals surface area contributed by atoms with Crippen LogP contribution in [0.4, 0.5) is 16.2 Å². The van der Waals surface area contributed by atoms with Crippen molar-refractivity contribution in [3.63, 3.8) is 0 Å². The number of nitrogens with one attached hydrogen (secondary N) is 2. The van der Waals surface area contributed by atoms with Gasteiger partial charge in [0.15, 0.2) is 11.5 Å². The molecule has 0 bridgehead atoms. The summed E-state index contributed by atoms with van der Waals surface area (Å²) in [5, 5.41) is 5.40. The van der Waals surface area contributed by atoms with Gasteiger partial charge in [-0.3, -0.25) is 19.3 Å². The second kappa shape index (κ2) is 8.36. The third kappa shape index (κ3) is 3.81. The maximum Gasteiger partial charge on any atom is 0.325 e. The SMILES string of the molecule is C[C@]1(c2ccc3c(c2)OCCO3)NC(=O)N(CC(=O)Nc2cccc(N3CCCC3=O)c2)C1=O. The van der Waals surface area contributed by atoms with Crippen LogP contribution in [-0.2, 0) is 19.9 Å². The van der Waals surface area contributed by atoms with Gasteiger partial charge < -0.3 is 25.0 Å². The lowest BCUT2D eigenvalue weighted by atomic mass is 9.91. The number of carbonyl (C=O) groups is 4. The zero-order valence-corrected chi connectivity index (χ0v) is 18.6. The minimum absolute atomic E-state index is 0.0428. The van der Waals surface area contributed by atoms with E-state index in [0.717, 1.165) is 11.3 Å². The number of urea groups is 1. The van der Waals surface area contributed by atoms with Crippen LogP contribution in [0.25, 0.3) is 0 Å². The van der Waals surface area contributed by atoms with E-state index in [9.17, 15) is 19.2 Å². The number of anilines is 2. The van der Waals surface area contributed by atoms with Crippen molar-refractivity contribution in [1.29, 1.82) is 0 Å². The average molecular weight is 464 g/mol. The van der Waals surface area contributed by atoms with Gasteiger partial charge in [-0.05, 0) is 49.2 Å². The summed E-state index contributed by atoms with van der Waals surface area (Å²) in [6.45, 7) is 2.62. The Morgan fingerprint density at radius 2 is 1.88 bits per heavy atom. The molecule has 1 atom stereocenters. The van der Waals surface area contributed by atoms with Gasteiger partial charge in [0.05, 0.1) is 0 Å². The molecule has 2 aromatic carbocycles. The number of ether oxygens (including phenoxy) is 2. The molecule has 10 nitrogen and oxygen atoms in total. The molecule has 2 aromatic rings. The monoisotopic (exact) mass is 464 g/mol. The molecule has 3 heterocycles. The second-order valence-electron chi connectivity index (χ2n) is 8.55. The van der Waals surface area contributed by atoms with E-state index < -0.39 is 29.9 Å². The lowest BCUT2D eigenvalue weighted by Crippen LogP contribution is -2.42. The van der Waals surface area contributed by atoms with Crippen LogP contribution in [0.3, 0.4) is 0 Å². The van der Waals surface area contributed by atoms with E-state index >= 15 is 0 Å². The predicted octanol–water partition coefficient (Wildman–Crippen LogP) is 1.99. The lowest BCUT2D eigenvalue weighted by Gasteiger charge is -2.25. The van der Waals surface area contributed by atoms with Gasteiger partial charge in [0, 0.05) is 24.3 Å². The average Bonchev–Trinajstić information content (AvgIpc) is 3.35. The summed E-state index contributed by atoms with van der Waals surface area (Å²) in [6.07, 6.45) is 1.30. The molecule has 0 radical (unpaired) electrons. The molecule has 5 rings (SSSR count). The molecule has 0 saturated carbocycles. The molecule has 2 N–H and O–H groups in total. The fourth-order valence-electron chi connectivity index (χ4n) is 4.41. The van der Waals surface area contributed by atoms with E-state index in [1.165, 1.54) is 0 Å². The number of hydrogen-bond donors (Lipinski definition) is 2. The highest BCUT2D eigenvalue weighted by Gasteiger charge is 2.49. The van der Waals surface area contributed by atoms with Crippen molar-refractivity contribution in [3.8, 4) is 11.5 Å². The smallest absolute Gasteiger partial charge is 0.325 e. The Morgan fingerprint density at radius 3 is 2.65 bits per heavy atom. The topological polar surface area (TPSA) is 117 Å². The summed E-state index contributed by atoms with van der Waals surface area (Å²) in [7, 11) is 0. The number of rotatable bonds is 5. The molecule has 0 aromatic heterocycles. The van der Waals surface area contributed by atoms with Crippen molar-refractivity contribution < 1.29 is 28.7 Å². The Hall–Kier alpha value is -4.08. The first-order valence-corrected chi connectivity index (χ1v) is 11.1. The van der Waals surface area contributed by atoms with Crippen LogP contribution in [0, 0.1) is 0 Å². The number of hydrogen-bond acceptors (Lipinski definition) is 6. The van der Waals surface area contributed by atoms with Crippen LogP contribution in [0.2, 0.25) is 0 Å². The molecule has 34 heavy (non-hydrogen) atoms. The first-order chi connectivity index (χ1) is 16.3. The normalized spacial score (nSPS) is 21.6. The van der Waals surface area contributed by atoms with Crippen molar-refractivity contribution >= 4 is 35.1 Å². The molecule has 3 aliphatic rings. The summed E-state index contributed by atoms with van der Waals surface area (Å²) in [5.74, 6) is 0.0471. The molecular weight excluding hydrogens is 440 g/mol. The van der Waals surface area contributed by atoms with E-state index in [4.69, 9.17) is 9.47 Å². The van der Waals surface area contributed by atoms with Gasteiger partial charge in [0.25, 0.3) is 5.91 Å². The van der Waals surface area contributed by atoms with Gasteiger partial charge in [-0.15, -0.1) is 0 Å².